The van der Waals surface area contributed by atoms with Crippen LogP contribution in [-0.2, 0) is 11.3 Å². The van der Waals surface area contributed by atoms with Crippen molar-refractivity contribution in [2.75, 3.05) is 13.1 Å². The molecular formula is C14H22N2OS. The molecule has 4 heteroatoms. The molecule has 1 saturated heterocycles. The number of thiophene rings is 1. The number of carbonyl (C=O) groups is 1. The van der Waals surface area contributed by atoms with Crippen LogP contribution >= 0.6 is 11.3 Å². The Bertz CT molecular complexity index is 383. The van der Waals surface area contributed by atoms with Gasteiger partial charge in [-0.05, 0) is 57.3 Å². The maximum atomic E-state index is 11.7. The Balaban J connectivity index is 1.62. The van der Waals surface area contributed by atoms with Crippen LogP contribution in [0.1, 0.15) is 35.4 Å². The fourth-order valence-corrected chi connectivity index (χ4v) is 3.19. The fourth-order valence-electron chi connectivity index (χ4n) is 2.36. The van der Waals surface area contributed by atoms with Crippen LogP contribution in [0.25, 0.3) is 0 Å². The molecule has 2 N–H and O–H groups in total. The molecule has 1 aliphatic rings. The number of piperidine rings is 1. The lowest BCUT2D eigenvalue weighted by Crippen LogP contribution is -2.31. The molecule has 1 aromatic heterocycles. The van der Waals surface area contributed by atoms with Crippen LogP contribution < -0.4 is 10.6 Å². The number of aryl methyl sites for hydroxylation is 1. The summed E-state index contributed by atoms with van der Waals surface area (Å²) in [6.07, 6.45) is 4.20. The van der Waals surface area contributed by atoms with Crippen molar-refractivity contribution in [1.82, 2.24) is 10.6 Å². The third-order valence-corrected chi connectivity index (χ3v) is 4.44. The first kappa shape index (κ1) is 13.6. The van der Waals surface area contributed by atoms with Crippen molar-refractivity contribution in [2.24, 2.45) is 5.92 Å². The van der Waals surface area contributed by atoms with Gasteiger partial charge < -0.3 is 10.6 Å². The van der Waals surface area contributed by atoms with E-state index in [2.05, 4.69) is 29.7 Å². The second-order valence-electron chi connectivity index (χ2n) is 5.04. The number of hydrogen-bond donors (Lipinski definition) is 2. The van der Waals surface area contributed by atoms with Gasteiger partial charge in [-0.3, -0.25) is 4.79 Å². The zero-order valence-corrected chi connectivity index (χ0v) is 11.8. The van der Waals surface area contributed by atoms with E-state index in [1.807, 2.05) is 0 Å². The Kier molecular flexibility index (Phi) is 5.20. The lowest BCUT2D eigenvalue weighted by Gasteiger charge is -2.22. The Morgan fingerprint density at radius 3 is 3.11 bits per heavy atom. The summed E-state index contributed by atoms with van der Waals surface area (Å²) in [6, 6.07) is 4.19. The highest BCUT2D eigenvalue weighted by molar-refractivity contribution is 7.11. The summed E-state index contributed by atoms with van der Waals surface area (Å²) in [6.45, 7) is 4.99. The highest BCUT2D eigenvalue weighted by Gasteiger charge is 2.14. The largest absolute Gasteiger partial charge is 0.351 e. The summed E-state index contributed by atoms with van der Waals surface area (Å²) >= 11 is 1.75. The number of carbonyl (C=O) groups excluding carboxylic acids is 1. The van der Waals surface area contributed by atoms with Gasteiger partial charge in [0, 0.05) is 16.2 Å². The molecule has 1 aromatic rings. The molecule has 0 aliphatic carbocycles. The molecule has 0 radical (unpaired) electrons. The topological polar surface area (TPSA) is 41.1 Å². The highest BCUT2D eigenvalue weighted by Crippen LogP contribution is 2.16. The van der Waals surface area contributed by atoms with E-state index in [0.29, 0.717) is 18.9 Å². The average molecular weight is 266 g/mol. The molecular weight excluding hydrogens is 244 g/mol. The Labute approximate surface area is 113 Å². The van der Waals surface area contributed by atoms with Crippen LogP contribution in [0.15, 0.2) is 12.1 Å². The van der Waals surface area contributed by atoms with Crippen LogP contribution in [0.2, 0.25) is 0 Å². The summed E-state index contributed by atoms with van der Waals surface area (Å²) in [5.41, 5.74) is 0. The van der Waals surface area contributed by atoms with Crippen molar-refractivity contribution in [3.8, 4) is 0 Å². The van der Waals surface area contributed by atoms with E-state index in [9.17, 15) is 4.79 Å². The maximum Gasteiger partial charge on any atom is 0.220 e. The van der Waals surface area contributed by atoms with Crippen LogP contribution in [0, 0.1) is 12.8 Å². The predicted molar refractivity (Wildman–Crippen MR) is 75.7 cm³/mol. The van der Waals surface area contributed by atoms with E-state index in [-0.39, 0.29) is 5.91 Å². The quantitative estimate of drug-likeness (QED) is 0.859. The second kappa shape index (κ2) is 6.90. The van der Waals surface area contributed by atoms with Crippen molar-refractivity contribution in [3.63, 3.8) is 0 Å². The van der Waals surface area contributed by atoms with Crippen molar-refractivity contribution in [1.29, 1.82) is 0 Å². The lowest BCUT2D eigenvalue weighted by molar-refractivity contribution is -0.121. The summed E-state index contributed by atoms with van der Waals surface area (Å²) in [5.74, 6) is 0.875. The van der Waals surface area contributed by atoms with Gasteiger partial charge in [0.1, 0.15) is 0 Å². The summed E-state index contributed by atoms with van der Waals surface area (Å²) in [5, 5.41) is 6.39. The molecule has 1 aliphatic heterocycles. The molecule has 0 aromatic carbocycles. The number of hydrogen-bond acceptors (Lipinski definition) is 3. The SMILES string of the molecule is Cc1ccc(CNC(=O)CCC2CCCNC2)s1. The third-order valence-electron chi connectivity index (χ3n) is 3.43. The molecule has 1 atom stereocenters. The van der Waals surface area contributed by atoms with Gasteiger partial charge in [-0.15, -0.1) is 11.3 Å². The van der Waals surface area contributed by atoms with Gasteiger partial charge >= 0.3 is 0 Å². The fraction of sp³-hybridized carbons (Fsp3) is 0.643. The van der Waals surface area contributed by atoms with E-state index >= 15 is 0 Å². The molecule has 0 saturated carbocycles. The summed E-state index contributed by atoms with van der Waals surface area (Å²) < 4.78 is 0. The highest BCUT2D eigenvalue weighted by atomic mass is 32.1. The van der Waals surface area contributed by atoms with Crippen LogP contribution in [0.3, 0.4) is 0 Å². The van der Waals surface area contributed by atoms with Gasteiger partial charge in [0.25, 0.3) is 0 Å². The molecule has 2 heterocycles. The molecule has 1 fully saturated rings. The second-order valence-corrected chi connectivity index (χ2v) is 6.41. The average Bonchev–Trinajstić information content (AvgIpc) is 2.81. The van der Waals surface area contributed by atoms with Crippen molar-refractivity contribution in [2.45, 2.75) is 39.2 Å². The van der Waals surface area contributed by atoms with Crippen LogP contribution in [0.5, 0.6) is 0 Å². The Hall–Kier alpha value is -0.870. The van der Waals surface area contributed by atoms with Gasteiger partial charge in [0.2, 0.25) is 5.91 Å². The van der Waals surface area contributed by atoms with Gasteiger partial charge in [0.05, 0.1) is 6.54 Å². The first-order chi connectivity index (χ1) is 8.74. The molecule has 0 bridgehead atoms. The van der Waals surface area contributed by atoms with Crippen molar-refractivity contribution < 1.29 is 4.79 Å². The molecule has 1 unspecified atom stereocenters. The Morgan fingerprint density at radius 2 is 2.44 bits per heavy atom. The molecule has 2 rings (SSSR count). The number of nitrogens with one attached hydrogen (secondary N) is 2. The van der Waals surface area contributed by atoms with Gasteiger partial charge in [-0.25, -0.2) is 0 Å². The Morgan fingerprint density at radius 1 is 1.56 bits per heavy atom. The predicted octanol–water partition coefficient (Wildman–Crippen LogP) is 2.45. The van der Waals surface area contributed by atoms with E-state index in [1.165, 1.54) is 22.6 Å². The van der Waals surface area contributed by atoms with Crippen molar-refractivity contribution >= 4 is 17.2 Å². The third kappa shape index (κ3) is 4.42. The maximum absolute atomic E-state index is 11.7. The lowest BCUT2D eigenvalue weighted by atomic mass is 9.94. The van der Waals surface area contributed by atoms with Crippen molar-refractivity contribution in [3.05, 3.63) is 21.9 Å². The molecule has 100 valence electrons. The monoisotopic (exact) mass is 266 g/mol. The molecule has 3 nitrogen and oxygen atoms in total. The zero-order chi connectivity index (χ0) is 12.8. The minimum Gasteiger partial charge on any atom is -0.351 e. The first-order valence-corrected chi connectivity index (χ1v) is 7.58. The molecule has 18 heavy (non-hydrogen) atoms. The molecule has 0 spiro atoms. The van der Waals surface area contributed by atoms with E-state index in [4.69, 9.17) is 0 Å². The summed E-state index contributed by atoms with van der Waals surface area (Å²) in [4.78, 5) is 14.3. The van der Waals surface area contributed by atoms with E-state index in [0.717, 1.165) is 19.5 Å². The zero-order valence-electron chi connectivity index (χ0n) is 11.0. The van der Waals surface area contributed by atoms with E-state index < -0.39 is 0 Å². The smallest absolute Gasteiger partial charge is 0.220 e. The van der Waals surface area contributed by atoms with Crippen LogP contribution in [-0.4, -0.2) is 19.0 Å². The van der Waals surface area contributed by atoms with Gasteiger partial charge in [-0.1, -0.05) is 0 Å². The van der Waals surface area contributed by atoms with E-state index in [1.54, 1.807) is 11.3 Å². The minimum atomic E-state index is 0.187. The normalized spacial score (nSPS) is 19.7. The minimum absolute atomic E-state index is 0.187. The standard InChI is InChI=1S/C14H22N2OS/c1-11-4-6-13(18-11)10-16-14(17)7-5-12-3-2-8-15-9-12/h4,6,12,15H,2-3,5,7-10H2,1H3,(H,16,17). The van der Waals surface area contributed by atoms with Gasteiger partial charge in [0.15, 0.2) is 0 Å². The number of rotatable bonds is 5. The van der Waals surface area contributed by atoms with Crippen LogP contribution in [0.4, 0.5) is 0 Å². The van der Waals surface area contributed by atoms with Gasteiger partial charge in [-0.2, -0.15) is 0 Å². The molecule has 1 amide bonds. The number of amides is 1. The first-order valence-electron chi connectivity index (χ1n) is 6.77. The summed E-state index contributed by atoms with van der Waals surface area (Å²) in [7, 11) is 0.